The predicted molar refractivity (Wildman–Crippen MR) is 110 cm³/mol. The van der Waals surface area contributed by atoms with E-state index in [0.29, 0.717) is 37.3 Å². The molecule has 172 valence electrons. The van der Waals surface area contributed by atoms with E-state index in [1.54, 1.807) is 28.0 Å². The van der Waals surface area contributed by atoms with Crippen molar-refractivity contribution in [3.63, 3.8) is 0 Å². The van der Waals surface area contributed by atoms with Crippen LogP contribution in [0.1, 0.15) is 15.9 Å². The first-order valence-corrected chi connectivity index (χ1v) is 10.5. The molecule has 1 N–H and O–H groups in total. The van der Waals surface area contributed by atoms with E-state index < -0.39 is 18.3 Å². The number of aromatic nitrogens is 3. The van der Waals surface area contributed by atoms with Gasteiger partial charge in [-0.05, 0) is 30.3 Å². The molecule has 8 nitrogen and oxygen atoms in total. The van der Waals surface area contributed by atoms with Crippen molar-refractivity contribution in [3.05, 3.63) is 53.6 Å². The number of likely N-dealkylation sites (tertiary alicyclic amines) is 2. The molecule has 1 aromatic heterocycles. The van der Waals surface area contributed by atoms with Gasteiger partial charge in [-0.15, -0.1) is 5.10 Å². The van der Waals surface area contributed by atoms with E-state index in [0.717, 1.165) is 11.6 Å². The average molecular weight is 459 g/mol. The second-order valence-electron chi connectivity index (χ2n) is 8.36. The van der Waals surface area contributed by atoms with Crippen LogP contribution in [0.25, 0.3) is 11.0 Å². The molecule has 2 aliphatic heterocycles. The Labute approximate surface area is 186 Å². The molecule has 0 aliphatic carbocycles. The number of nitrogens with one attached hydrogen (secondary N) is 1. The minimum absolute atomic E-state index is 0.0979. The summed E-state index contributed by atoms with van der Waals surface area (Å²) >= 11 is 0. The van der Waals surface area contributed by atoms with Gasteiger partial charge in [0.1, 0.15) is 11.3 Å². The molecule has 0 spiro atoms. The topological polar surface area (TPSA) is 91.4 Å². The van der Waals surface area contributed by atoms with Crippen LogP contribution >= 0.6 is 0 Å². The van der Waals surface area contributed by atoms with Gasteiger partial charge in [0, 0.05) is 43.6 Å². The minimum Gasteiger partial charge on any atom is -0.483 e. The first-order valence-electron chi connectivity index (χ1n) is 10.5. The van der Waals surface area contributed by atoms with Crippen LogP contribution in [0, 0.1) is 11.8 Å². The monoisotopic (exact) mass is 459 g/mol. The molecular formula is C22H20F3N5O3. The number of para-hydroxylation sites is 1. The maximum Gasteiger partial charge on any atom is 0.419 e. The van der Waals surface area contributed by atoms with Crippen LogP contribution in [0.5, 0.6) is 5.75 Å². The van der Waals surface area contributed by atoms with Gasteiger partial charge in [-0.1, -0.05) is 17.3 Å². The molecule has 5 rings (SSSR count). The molecule has 0 bridgehead atoms. The number of halogens is 3. The zero-order chi connectivity index (χ0) is 23.2. The summed E-state index contributed by atoms with van der Waals surface area (Å²) in [6, 6.07) is 10.0. The van der Waals surface area contributed by atoms with E-state index in [9.17, 15) is 22.8 Å². The van der Waals surface area contributed by atoms with Crippen LogP contribution in [0.2, 0.25) is 0 Å². The minimum atomic E-state index is -4.56. The van der Waals surface area contributed by atoms with Crippen LogP contribution in [-0.4, -0.2) is 69.8 Å². The Hall–Kier alpha value is -3.63. The second-order valence-corrected chi connectivity index (χ2v) is 8.36. The molecule has 2 aromatic carbocycles. The van der Waals surface area contributed by atoms with Gasteiger partial charge >= 0.3 is 6.18 Å². The third-order valence-electron chi connectivity index (χ3n) is 6.24. The highest BCUT2D eigenvalue weighted by atomic mass is 19.4. The highest BCUT2D eigenvalue weighted by Crippen LogP contribution is 2.36. The maximum atomic E-state index is 13.1. The molecule has 2 saturated heterocycles. The molecular weight excluding hydrogens is 439 g/mol. The molecule has 11 heteroatoms. The van der Waals surface area contributed by atoms with Crippen molar-refractivity contribution in [2.24, 2.45) is 11.8 Å². The molecule has 3 heterocycles. The fourth-order valence-electron chi connectivity index (χ4n) is 4.58. The van der Waals surface area contributed by atoms with Gasteiger partial charge in [-0.2, -0.15) is 13.2 Å². The summed E-state index contributed by atoms with van der Waals surface area (Å²) in [5.41, 5.74) is 0.985. The van der Waals surface area contributed by atoms with E-state index in [1.165, 1.54) is 18.2 Å². The van der Waals surface area contributed by atoms with Gasteiger partial charge in [-0.25, -0.2) is 0 Å². The predicted octanol–water partition coefficient (Wildman–Crippen LogP) is 2.59. The van der Waals surface area contributed by atoms with Crippen molar-refractivity contribution in [2.45, 2.75) is 6.18 Å². The zero-order valence-electron chi connectivity index (χ0n) is 17.4. The SMILES string of the molecule is O=C(COc1ccccc1C(F)(F)F)N1C[C@@H]2CN(C(=O)c3ccc4[nH]nnc4c3)C[C@H]2C1. The number of hydrogen-bond acceptors (Lipinski definition) is 5. The lowest BCUT2D eigenvalue weighted by Gasteiger charge is -2.22. The highest BCUT2D eigenvalue weighted by molar-refractivity contribution is 5.97. The van der Waals surface area contributed by atoms with Gasteiger partial charge in [0.05, 0.1) is 11.1 Å². The summed E-state index contributed by atoms with van der Waals surface area (Å²) < 4.78 is 44.5. The number of benzene rings is 2. The lowest BCUT2D eigenvalue weighted by molar-refractivity contribution is -0.140. The first-order chi connectivity index (χ1) is 15.8. The number of carbonyl (C=O) groups is 2. The molecule has 3 aromatic rings. The van der Waals surface area contributed by atoms with E-state index in [-0.39, 0.29) is 29.4 Å². The summed E-state index contributed by atoms with van der Waals surface area (Å²) in [7, 11) is 0. The van der Waals surface area contributed by atoms with Gasteiger partial charge in [0.2, 0.25) is 0 Å². The Bertz CT molecular complexity index is 1200. The van der Waals surface area contributed by atoms with Gasteiger partial charge in [0.15, 0.2) is 6.61 Å². The Balaban J connectivity index is 1.17. The van der Waals surface area contributed by atoms with E-state index in [4.69, 9.17) is 4.74 Å². The average Bonchev–Trinajstić information content (AvgIpc) is 3.50. The molecule has 33 heavy (non-hydrogen) atoms. The molecule has 0 radical (unpaired) electrons. The number of amides is 2. The quantitative estimate of drug-likeness (QED) is 0.648. The number of fused-ring (bicyclic) bond motifs is 2. The Morgan fingerprint density at radius 2 is 1.73 bits per heavy atom. The normalized spacial score (nSPS) is 20.3. The Morgan fingerprint density at radius 3 is 2.45 bits per heavy atom. The lowest BCUT2D eigenvalue weighted by atomic mass is 10.0. The van der Waals surface area contributed by atoms with Crippen molar-refractivity contribution < 1.29 is 27.5 Å². The fraction of sp³-hybridized carbons (Fsp3) is 0.364. The highest BCUT2D eigenvalue weighted by Gasteiger charge is 2.43. The van der Waals surface area contributed by atoms with Crippen molar-refractivity contribution in [1.29, 1.82) is 0 Å². The summed E-state index contributed by atoms with van der Waals surface area (Å²) in [6.45, 7) is 1.45. The van der Waals surface area contributed by atoms with Crippen LogP contribution in [0.3, 0.4) is 0 Å². The van der Waals surface area contributed by atoms with Gasteiger partial charge in [0.25, 0.3) is 11.8 Å². The number of ether oxygens (including phenoxy) is 1. The molecule has 0 unspecified atom stereocenters. The molecule has 2 fully saturated rings. The smallest absolute Gasteiger partial charge is 0.419 e. The second kappa shape index (κ2) is 8.05. The van der Waals surface area contributed by atoms with E-state index in [2.05, 4.69) is 15.4 Å². The van der Waals surface area contributed by atoms with Crippen molar-refractivity contribution in [1.82, 2.24) is 25.2 Å². The number of nitrogens with zero attached hydrogens (tertiary/aromatic N) is 4. The summed E-state index contributed by atoms with van der Waals surface area (Å²) in [5.74, 6) is -0.583. The summed E-state index contributed by atoms with van der Waals surface area (Å²) in [6.07, 6.45) is -4.56. The van der Waals surface area contributed by atoms with E-state index >= 15 is 0 Å². The number of carbonyl (C=O) groups excluding carboxylic acids is 2. The number of H-pyrrole nitrogens is 1. The van der Waals surface area contributed by atoms with Gasteiger partial charge in [-0.3, -0.25) is 14.7 Å². The molecule has 0 saturated carbocycles. The lowest BCUT2D eigenvalue weighted by Crippen LogP contribution is -2.37. The fourth-order valence-corrected chi connectivity index (χ4v) is 4.58. The third-order valence-corrected chi connectivity index (χ3v) is 6.24. The van der Waals surface area contributed by atoms with Crippen LogP contribution in [-0.2, 0) is 11.0 Å². The standard InChI is InChI=1S/C22H20F3N5O3/c23-22(24,25)16-3-1-2-4-19(16)33-12-20(31)29-8-14-10-30(11-15(14)9-29)21(32)13-5-6-17-18(7-13)27-28-26-17/h1-7,14-15H,8-12H2,(H,26,27,28)/t14-,15-/m1/s1. The number of rotatable bonds is 4. The number of alkyl halides is 3. The summed E-state index contributed by atoms with van der Waals surface area (Å²) in [5, 5.41) is 10.4. The summed E-state index contributed by atoms with van der Waals surface area (Å²) in [4.78, 5) is 28.9. The number of aromatic amines is 1. The van der Waals surface area contributed by atoms with Crippen LogP contribution in [0.4, 0.5) is 13.2 Å². The van der Waals surface area contributed by atoms with Crippen LogP contribution in [0.15, 0.2) is 42.5 Å². The van der Waals surface area contributed by atoms with Crippen LogP contribution < -0.4 is 4.74 Å². The third kappa shape index (κ3) is 4.10. The molecule has 2 aliphatic rings. The Kier molecular flexibility index (Phi) is 5.18. The Morgan fingerprint density at radius 1 is 1.03 bits per heavy atom. The molecule has 2 atom stereocenters. The maximum absolute atomic E-state index is 13.1. The molecule has 2 amide bonds. The van der Waals surface area contributed by atoms with Crippen molar-refractivity contribution >= 4 is 22.8 Å². The number of hydrogen-bond donors (Lipinski definition) is 1. The van der Waals surface area contributed by atoms with Gasteiger partial charge < -0.3 is 14.5 Å². The zero-order valence-corrected chi connectivity index (χ0v) is 17.4. The van der Waals surface area contributed by atoms with E-state index in [1.807, 2.05) is 0 Å². The van der Waals surface area contributed by atoms with Crippen molar-refractivity contribution in [2.75, 3.05) is 32.8 Å². The largest absolute Gasteiger partial charge is 0.483 e. The first kappa shape index (κ1) is 21.2. The van der Waals surface area contributed by atoms with Crippen molar-refractivity contribution in [3.8, 4) is 5.75 Å².